The van der Waals surface area contributed by atoms with Gasteiger partial charge in [-0.3, -0.25) is 9.59 Å². The molecule has 0 bridgehead atoms. The zero-order valence-corrected chi connectivity index (χ0v) is 24.7. The molecule has 6 nitrogen and oxygen atoms in total. The lowest BCUT2D eigenvalue weighted by Crippen LogP contribution is -2.52. The second-order valence-corrected chi connectivity index (χ2v) is 13.0. The van der Waals surface area contributed by atoms with E-state index >= 15 is 0 Å². The molecule has 1 N–H and O–H groups in total. The van der Waals surface area contributed by atoms with E-state index in [-0.39, 0.29) is 19.0 Å². The Labute approximate surface area is 225 Å². The number of hydrogen-bond acceptors (Lipinski definition) is 6. The summed E-state index contributed by atoms with van der Waals surface area (Å²) in [7, 11) is 0. The lowest BCUT2D eigenvalue weighted by Gasteiger charge is -2.37. The summed E-state index contributed by atoms with van der Waals surface area (Å²) < 4.78 is 17.7. The monoisotopic (exact) mass is 531 g/mol. The van der Waals surface area contributed by atoms with Crippen molar-refractivity contribution in [2.24, 2.45) is 0 Å². The maximum absolute atomic E-state index is 14.1. The molecule has 0 aliphatic carbocycles. The molecule has 1 unspecified atom stereocenters. The second kappa shape index (κ2) is 11.9. The normalized spacial score (nSPS) is 13.4. The Morgan fingerprint density at radius 1 is 0.838 bits per heavy atom. The molecular formula is C30H43O6S+. The fourth-order valence-electron chi connectivity index (χ4n) is 4.38. The van der Waals surface area contributed by atoms with Crippen LogP contribution in [0.15, 0.2) is 42.5 Å². The van der Waals surface area contributed by atoms with Crippen LogP contribution in [0.3, 0.4) is 0 Å². The summed E-state index contributed by atoms with van der Waals surface area (Å²) in [5.74, 6) is -1.36. The predicted octanol–water partition coefficient (Wildman–Crippen LogP) is 5.90. The van der Waals surface area contributed by atoms with E-state index in [2.05, 4.69) is 0 Å². The fraction of sp³-hybridized carbons (Fsp3) is 0.533. The van der Waals surface area contributed by atoms with E-state index in [0.29, 0.717) is 22.3 Å². The van der Waals surface area contributed by atoms with Gasteiger partial charge in [0.25, 0.3) is 0 Å². The molecule has 0 amide bonds. The van der Waals surface area contributed by atoms with Gasteiger partial charge in [0.15, 0.2) is 6.10 Å². The van der Waals surface area contributed by atoms with Crippen LogP contribution < -0.4 is 0 Å². The molecule has 7 heteroatoms. The summed E-state index contributed by atoms with van der Waals surface area (Å²) in [6.07, 6.45) is 2.74. The van der Waals surface area contributed by atoms with Crippen LogP contribution in [-0.2, 0) is 50.7 Å². The van der Waals surface area contributed by atoms with Crippen LogP contribution in [0, 0.1) is 0 Å². The predicted molar refractivity (Wildman–Crippen MR) is 150 cm³/mol. The van der Waals surface area contributed by atoms with Gasteiger partial charge in [-0.1, -0.05) is 71.9 Å². The Bertz CT molecular complexity index is 1030. The van der Waals surface area contributed by atoms with Gasteiger partial charge >= 0.3 is 11.9 Å². The lowest BCUT2D eigenvalue weighted by molar-refractivity contribution is -0.170. The Balaban J connectivity index is 3.18. The van der Waals surface area contributed by atoms with Crippen molar-refractivity contribution in [3.8, 4) is 5.75 Å². The number of carbonyl (C=O) groups excluding carboxylic acids is 2. The van der Waals surface area contributed by atoms with E-state index in [4.69, 9.17) is 13.7 Å². The molecule has 0 spiro atoms. The van der Waals surface area contributed by atoms with Crippen LogP contribution in [0.1, 0.15) is 83.7 Å². The first kappa shape index (κ1) is 30.7. The summed E-state index contributed by atoms with van der Waals surface area (Å²) in [5, 5.41) is 11.4. The number of ether oxygens (including phenoxy) is 2. The first-order valence-corrected chi connectivity index (χ1v) is 14.6. The average molecular weight is 532 g/mol. The third-order valence-corrected chi connectivity index (χ3v) is 6.74. The number of benzene rings is 2. The topological polar surface area (TPSA) is 82.1 Å². The van der Waals surface area contributed by atoms with E-state index < -0.39 is 45.5 Å². The average Bonchev–Trinajstić information content (AvgIpc) is 2.78. The smallest absolute Gasteiger partial charge is 0.331 e. The Morgan fingerprint density at radius 3 is 1.62 bits per heavy atom. The second-order valence-electron chi connectivity index (χ2n) is 11.3. The standard InChI is InChI=1S/C30H42O6S/c1-11-34-26(32)30(27(33)35-12-2,25(36-37(9)10)20-16-14-13-15-17-20)21-18-22(28(3,4)5)24(31)23(19-21)29(6,7)8/h13-19,25H,11-12H2,1-10H3/p+1. The molecule has 0 aliphatic rings. The molecule has 2 rings (SSSR count). The minimum Gasteiger partial charge on any atom is -0.507 e. The van der Waals surface area contributed by atoms with E-state index in [9.17, 15) is 14.7 Å². The minimum atomic E-state index is -1.97. The molecule has 0 aliphatic heterocycles. The Kier molecular flexibility index (Phi) is 9.88. The van der Waals surface area contributed by atoms with Crippen LogP contribution in [0.5, 0.6) is 5.75 Å². The van der Waals surface area contributed by atoms with Gasteiger partial charge in [0.2, 0.25) is 5.41 Å². The van der Waals surface area contributed by atoms with Crippen molar-refractivity contribution in [2.75, 3.05) is 25.7 Å². The summed E-state index contributed by atoms with van der Waals surface area (Å²) in [5.41, 5.74) is -0.698. The van der Waals surface area contributed by atoms with Gasteiger partial charge in [-0.15, -0.1) is 0 Å². The number of hydrogen-bond donors (Lipinski definition) is 1. The number of esters is 2. The van der Waals surface area contributed by atoms with Crippen LogP contribution in [-0.4, -0.2) is 42.8 Å². The largest absolute Gasteiger partial charge is 0.507 e. The van der Waals surface area contributed by atoms with Crippen molar-refractivity contribution < 1.29 is 28.4 Å². The minimum absolute atomic E-state index is 0.0712. The fourth-order valence-corrected chi connectivity index (χ4v) is 5.02. The SMILES string of the molecule is CCOC(=O)C(C(=O)OCC)(c1cc(C(C)(C)C)c(O)c(C(C)(C)C)c1)C(O[S+](C)C)c1ccccc1. The first-order chi connectivity index (χ1) is 17.1. The van der Waals surface area contributed by atoms with E-state index in [1.807, 2.05) is 84.4 Å². The molecule has 0 fully saturated rings. The van der Waals surface area contributed by atoms with Crippen LogP contribution in [0.2, 0.25) is 0 Å². The zero-order valence-electron chi connectivity index (χ0n) is 23.9. The van der Waals surface area contributed by atoms with Gasteiger partial charge in [-0.05, 0) is 59.1 Å². The summed E-state index contributed by atoms with van der Waals surface area (Å²) in [6, 6.07) is 12.7. The number of carbonyl (C=O) groups is 2. The maximum atomic E-state index is 14.1. The molecule has 1 atom stereocenters. The molecule has 0 saturated carbocycles. The molecule has 0 heterocycles. The highest BCUT2D eigenvalue weighted by Gasteiger charge is 2.60. The highest BCUT2D eigenvalue weighted by molar-refractivity contribution is 7.90. The number of aromatic hydroxyl groups is 1. The molecular weight excluding hydrogens is 488 g/mol. The van der Waals surface area contributed by atoms with Crippen molar-refractivity contribution in [1.29, 1.82) is 0 Å². The van der Waals surface area contributed by atoms with Crippen molar-refractivity contribution in [2.45, 2.75) is 77.7 Å². The van der Waals surface area contributed by atoms with Crippen LogP contribution in [0.4, 0.5) is 0 Å². The van der Waals surface area contributed by atoms with Crippen LogP contribution in [0.25, 0.3) is 0 Å². The first-order valence-electron chi connectivity index (χ1n) is 12.6. The molecule has 37 heavy (non-hydrogen) atoms. The Hall–Kier alpha value is -2.51. The van der Waals surface area contributed by atoms with Gasteiger partial charge in [0, 0.05) is 0 Å². The van der Waals surface area contributed by atoms with Crippen molar-refractivity contribution >= 4 is 23.1 Å². The highest BCUT2D eigenvalue weighted by atomic mass is 32.2. The number of phenolic OH excluding ortho intramolecular Hbond substituents is 1. The lowest BCUT2D eigenvalue weighted by atomic mass is 9.69. The van der Waals surface area contributed by atoms with Gasteiger partial charge in [-0.25, -0.2) is 0 Å². The third-order valence-electron chi connectivity index (χ3n) is 6.16. The maximum Gasteiger partial charge on any atom is 0.331 e. The van der Waals surface area contributed by atoms with Crippen molar-refractivity contribution in [3.05, 3.63) is 64.7 Å². The Morgan fingerprint density at radius 2 is 1.27 bits per heavy atom. The highest BCUT2D eigenvalue weighted by Crippen LogP contribution is 2.48. The van der Waals surface area contributed by atoms with Gasteiger partial charge in [0.05, 0.1) is 13.2 Å². The molecule has 0 aromatic heterocycles. The number of phenols is 1. The van der Waals surface area contributed by atoms with Crippen LogP contribution >= 0.6 is 0 Å². The summed E-state index contributed by atoms with van der Waals surface area (Å²) in [4.78, 5) is 28.2. The molecule has 2 aromatic rings. The number of rotatable bonds is 9. The van der Waals surface area contributed by atoms with Gasteiger partial charge < -0.3 is 14.6 Å². The molecule has 0 radical (unpaired) electrons. The van der Waals surface area contributed by atoms with Crippen molar-refractivity contribution in [1.82, 2.24) is 0 Å². The van der Waals surface area contributed by atoms with Gasteiger partial charge in [-0.2, -0.15) is 4.18 Å². The summed E-state index contributed by atoms with van der Waals surface area (Å²) in [6.45, 7) is 15.4. The molecule has 204 valence electrons. The quantitative estimate of drug-likeness (QED) is 0.246. The van der Waals surface area contributed by atoms with Crippen molar-refractivity contribution in [3.63, 3.8) is 0 Å². The molecule has 0 saturated heterocycles. The molecule has 2 aromatic carbocycles. The summed E-state index contributed by atoms with van der Waals surface area (Å²) >= 11 is -0.622. The van der Waals surface area contributed by atoms with Gasteiger partial charge in [0.1, 0.15) is 29.4 Å². The third kappa shape index (κ3) is 6.50. The zero-order chi connectivity index (χ0) is 28.2. The van der Waals surface area contributed by atoms with E-state index in [1.54, 1.807) is 26.0 Å². The van der Waals surface area contributed by atoms with E-state index in [1.165, 1.54) is 0 Å². The van der Waals surface area contributed by atoms with E-state index in [0.717, 1.165) is 0 Å².